The first-order valence-electron chi connectivity index (χ1n) is 9.99. The summed E-state index contributed by atoms with van der Waals surface area (Å²) in [6, 6.07) is 5.89. The largest absolute Gasteiger partial charge is 0.462 e. The fourth-order valence-electron chi connectivity index (χ4n) is 3.50. The second-order valence-corrected chi connectivity index (χ2v) is 8.80. The molecule has 1 heterocycles. The number of ether oxygens (including phenoxy) is 1. The van der Waals surface area contributed by atoms with Crippen LogP contribution in [0.25, 0.3) is 11.1 Å². The first-order valence-corrected chi connectivity index (χ1v) is 10.9. The summed E-state index contributed by atoms with van der Waals surface area (Å²) >= 11 is 0.208. The minimum absolute atomic E-state index is 0.129. The summed E-state index contributed by atoms with van der Waals surface area (Å²) in [5.41, 5.74) is -6.85. The molecule has 1 aliphatic rings. The number of halogens is 11. The monoisotopic (exact) mass is 569 g/mol. The average molecular weight is 569 g/mol. The summed E-state index contributed by atoms with van der Waals surface area (Å²) in [6.07, 6.45) is 0. The Morgan fingerprint density at radius 3 is 1.73 bits per heavy atom. The zero-order chi connectivity index (χ0) is 28.4. The van der Waals surface area contributed by atoms with Crippen molar-refractivity contribution >= 4 is 28.2 Å². The van der Waals surface area contributed by atoms with Crippen molar-refractivity contribution in [2.24, 2.45) is 0 Å². The molecule has 0 bridgehead atoms. The van der Waals surface area contributed by atoms with Gasteiger partial charge in [-0.05, 0) is 19.4 Å². The van der Waals surface area contributed by atoms with Crippen LogP contribution in [0.5, 0.6) is 0 Å². The van der Waals surface area contributed by atoms with E-state index in [1.165, 1.54) is 31.2 Å². The number of benzene rings is 1. The summed E-state index contributed by atoms with van der Waals surface area (Å²) in [5.74, 6) is -41.9. The Morgan fingerprint density at radius 2 is 1.27 bits per heavy atom. The van der Waals surface area contributed by atoms with Crippen LogP contribution < -0.4 is 5.32 Å². The number of anilines is 1. The van der Waals surface area contributed by atoms with Gasteiger partial charge in [-0.3, -0.25) is 4.79 Å². The Labute approximate surface area is 204 Å². The molecule has 0 spiro atoms. The van der Waals surface area contributed by atoms with Crippen LogP contribution in [0.15, 0.2) is 29.6 Å². The third-order valence-electron chi connectivity index (χ3n) is 5.62. The molecule has 1 aromatic carbocycles. The predicted molar refractivity (Wildman–Crippen MR) is 108 cm³/mol. The molecular weight excluding hydrogens is 555 g/mol. The van der Waals surface area contributed by atoms with E-state index in [9.17, 15) is 53.5 Å². The SMILES string of the molecule is CCOC(=O)c1c(-c2ccc(C)cc2)csc1NC(=O)C1(F)C(F)(F)C(F)(F)C(F)(F)C(F)(F)C1(F)F. The van der Waals surface area contributed by atoms with Crippen LogP contribution in [0.4, 0.5) is 53.3 Å². The molecule has 0 saturated heterocycles. The van der Waals surface area contributed by atoms with Gasteiger partial charge in [0.1, 0.15) is 10.6 Å². The molecule has 1 aromatic heterocycles. The number of amides is 1. The topological polar surface area (TPSA) is 55.4 Å². The Bertz CT molecular complexity index is 1190. The molecule has 37 heavy (non-hydrogen) atoms. The standard InChI is InChI=1S/C21H14F11NO3S/c1-3-36-14(34)12-11(10-6-4-9(2)5-7-10)8-37-13(12)33-15(35)16(22)17(23,24)19(27,28)21(31,32)20(29,30)18(16,25)26/h4-8H,3H2,1-2H3,(H,33,35). The maximum atomic E-state index is 15.1. The predicted octanol–water partition coefficient (Wildman–Crippen LogP) is 6.74. The number of hydrogen-bond donors (Lipinski definition) is 1. The number of esters is 1. The van der Waals surface area contributed by atoms with Gasteiger partial charge >= 0.3 is 41.3 Å². The second kappa shape index (κ2) is 8.56. The van der Waals surface area contributed by atoms with Gasteiger partial charge in [-0.15, -0.1) is 11.3 Å². The molecule has 4 nitrogen and oxygen atoms in total. The first kappa shape index (κ1) is 28.7. The van der Waals surface area contributed by atoms with E-state index in [-0.39, 0.29) is 29.1 Å². The van der Waals surface area contributed by atoms with E-state index in [1.807, 2.05) is 0 Å². The van der Waals surface area contributed by atoms with Gasteiger partial charge in [0.2, 0.25) is 0 Å². The molecule has 0 atom stereocenters. The molecule has 1 aliphatic carbocycles. The van der Waals surface area contributed by atoms with Crippen LogP contribution in [0, 0.1) is 6.92 Å². The van der Waals surface area contributed by atoms with E-state index in [0.29, 0.717) is 0 Å². The minimum Gasteiger partial charge on any atom is -0.462 e. The quantitative estimate of drug-likeness (QED) is 0.321. The number of hydrogen-bond acceptors (Lipinski definition) is 4. The van der Waals surface area contributed by atoms with Gasteiger partial charge in [0.05, 0.1) is 6.61 Å². The zero-order valence-electron chi connectivity index (χ0n) is 18.4. The molecule has 1 saturated carbocycles. The Balaban J connectivity index is 2.18. The molecule has 3 rings (SSSR count). The van der Waals surface area contributed by atoms with Crippen molar-refractivity contribution in [3.05, 3.63) is 40.8 Å². The normalized spacial score (nSPS) is 22.2. The van der Waals surface area contributed by atoms with Gasteiger partial charge in [-0.25, -0.2) is 9.18 Å². The fraction of sp³-hybridized carbons (Fsp3) is 0.429. The lowest BCUT2D eigenvalue weighted by atomic mass is 9.71. The van der Waals surface area contributed by atoms with Crippen molar-refractivity contribution in [2.75, 3.05) is 11.9 Å². The number of carbonyl (C=O) groups excluding carboxylic acids is 2. The average Bonchev–Trinajstić information content (AvgIpc) is 3.21. The summed E-state index contributed by atoms with van der Waals surface area (Å²) in [7, 11) is 0. The van der Waals surface area contributed by atoms with Crippen LogP contribution >= 0.6 is 11.3 Å². The van der Waals surface area contributed by atoms with E-state index < -0.39 is 57.7 Å². The minimum atomic E-state index is -7.46. The second-order valence-electron chi connectivity index (χ2n) is 7.92. The number of alkyl halides is 11. The smallest absolute Gasteiger partial charge is 0.384 e. The van der Waals surface area contributed by atoms with Gasteiger partial charge in [-0.1, -0.05) is 29.8 Å². The highest BCUT2D eigenvalue weighted by Gasteiger charge is 3.02. The van der Waals surface area contributed by atoms with E-state index in [1.54, 1.807) is 6.92 Å². The molecule has 204 valence electrons. The first-order chi connectivity index (χ1) is 16.7. The lowest BCUT2D eigenvalue weighted by Crippen LogP contribution is -2.86. The number of rotatable bonds is 5. The summed E-state index contributed by atoms with van der Waals surface area (Å²) in [6.45, 7) is 2.65. The molecule has 0 aliphatic heterocycles. The lowest BCUT2D eigenvalue weighted by Gasteiger charge is -2.51. The fourth-order valence-corrected chi connectivity index (χ4v) is 4.45. The van der Waals surface area contributed by atoms with Crippen molar-refractivity contribution in [2.45, 2.75) is 49.1 Å². The number of carbonyl (C=O) groups is 2. The Kier molecular flexibility index (Phi) is 6.63. The third-order valence-corrected chi connectivity index (χ3v) is 6.51. The van der Waals surface area contributed by atoms with Crippen LogP contribution in [0.3, 0.4) is 0 Å². The number of nitrogens with one attached hydrogen (secondary N) is 1. The number of thiophene rings is 1. The van der Waals surface area contributed by atoms with Crippen LogP contribution in [-0.4, -0.2) is 53.8 Å². The molecule has 1 amide bonds. The third kappa shape index (κ3) is 3.54. The van der Waals surface area contributed by atoms with Crippen molar-refractivity contribution in [1.29, 1.82) is 0 Å². The summed E-state index contributed by atoms with van der Waals surface area (Å²) < 4.78 is 159. The highest BCUT2D eigenvalue weighted by Crippen LogP contribution is 2.69. The van der Waals surface area contributed by atoms with Crippen molar-refractivity contribution in [1.82, 2.24) is 0 Å². The molecule has 0 radical (unpaired) electrons. The van der Waals surface area contributed by atoms with E-state index in [0.717, 1.165) is 16.3 Å². The summed E-state index contributed by atoms with van der Waals surface area (Å²) in [5, 5.41) is 1.01. The van der Waals surface area contributed by atoms with Crippen molar-refractivity contribution in [3.63, 3.8) is 0 Å². The van der Waals surface area contributed by atoms with Crippen LogP contribution in [0.2, 0.25) is 0 Å². The maximum absolute atomic E-state index is 15.1. The Morgan fingerprint density at radius 1 is 0.811 bits per heavy atom. The van der Waals surface area contributed by atoms with E-state index >= 15 is 4.39 Å². The zero-order valence-corrected chi connectivity index (χ0v) is 19.2. The van der Waals surface area contributed by atoms with Gasteiger partial charge in [0, 0.05) is 10.9 Å². The lowest BCUT2D eigenvalue weighted by molar-refractivity contribution is -0.475. The van der Waals surface area contributed by atoms with Crippen molar-refractivity contribution < 1.29 is 62.6 Å². The molecular formula is C21H14F11NO3S. The highest BCUT2D eigenvalue weighted by molar-refractivity contribution is 7.15. The van der Waals surface area contributed by atoms with Crippen LogP contribution in [-0.2, 0) is 9.53 Å². The summed E-state index contributed by atoms with van der Waals surface area (Å²) in [4.78, 5) is 24.8. The molecule has 16 heteroatoms. The van der Waals surface area contributed by atoms with E-state index in [2.05, 4.69) is 0 Å². The van der Waals surface area contributed by atoms with Gasteiger partial charge in [-0.2, -0.15) is 43.9 Å². The highest BCUT2D eigenvalue weighted by atomic mass is 32.1. The molecule has 0 unspecified atom stereocenters. The van der Waals surface area contributed by atoms with Gasteiger partial charge < -0.3 is 10.1 Å². The van der Waals surface area contributed by atoms with Crippen LogP contribution in [0.1, 0.15) is 22.8 Å². The van der Waals surface area contributed by atoms with E-state index in [4.69, 9.17) is 4.74 Å². The van der Waals surface area contributed by atoms with Gasteiger partial charge in [0.15, 0.2) is 0 Å². The maximum Gasteiger partial charge on any atom is 0.384 e. The van der Waals surface area contributed by atoms with Gasteiger partial charge in [0.25, 0.3) is 5.91 Å². The molecule has 2 aromatic rings. The molecule has 1 fully saturated rings. The number of aryl methyl sites for hydroxylation is 1. The molecule has 1 N–H and O–H groups in total. The Hall–Kier alpha value is -2.91. The van der Waals surface area contributed by atoms with Crippen molar-refractivity contribution in [3.8, 4) is 11.1 Å².